The number of benzene rings is 3. The van der Waals surface area contributed by atoms with E-state index in [1.54, 1.807) is 45.0 Å². The van der Waals surface area contributed by atoms with E-state index in [0.717, 1.165) is 23.5 Å². The Hall–Kier alpha value is -4.63. The maximum Gasteiger partial charge on any atom is 0.347 e. The van der Waals surface area contributed by atoms with Crippen molar-refractivity contribution in [2.45, 2.75) is 85.6 Å². The average molecular weight is 833 g/mol. The fourth-order valence-corrected chi connectivity index (χ4v) is 10.2. The van der Waals surface area contributed by atoms with Gasteiger partial charge in [0.15, 0.2) is 5.37 Å². The summed E-state index contributed by atoms with van der Waals surface area (Å²) in [5, 5.41) is -0.250. The molecule has 312 valence electrons. The van der Waals surface area contributed by atoms with Gasteiger partial charge in [0.2, 0.25) is 0 Å². The Balaban J connectivity index is 1.68. The third kappa shape index (κ3) is 9.79. The highest BCUT2D eigenvalue weighted by Crippen LogP contribution is 2.41. The van der Waals surface area contributed by atoms with Gasteiger partial charge in [-0.25, -0.2) is 18.2 Å². The van der Waals surface area contributed by atoms with Gasteiger partial charge in [0.1, 0.15) is 31.9 Å². The minimum absolute atomic E-state index is 0.0197. The van der Waals surface area contributed by atoms with E-state index in [1.807, 2.05) is 77.1 Å². The highest BCUT2D eigenvalue weighted by Gasteiger charge is 2.38. The van der Waals surface area contributed by atoms with Crippen molar-refractivity contribution >= 4 is 60.2 Å². The van der Waals surface area contributed by atoms with Crippen LogP contribution in [-0.2, 0) is 19.6 Å². The second-order valence-electron chi connectivity index (χ2n) is 15.4. The van der Waals surface area contributed by atoms with Crippen LogP contribution in [0.4, 0.5) is 5.69 Å². The molecule has 0 spiro atoms. The van der Waals surface area contributed by atoms with Crippen molar-refractivity contribution in [3.63, 3.8) is 0 Å². The van der Waals surface area contributed by atoms with Crippen LogP contribution in [0.1, 0.15) is 85.0 Å². The van der Waals surface area contributed by atoms with Gasteiger partial charge in [-0.3, -0.25) is 9.59 Å². The summed E-state index contributed by atoms with van der Waals surface area (Å²) < 4.78 is 51.2. The Bertz CT molecular complexity index is 2370. The fourth-order valence-electron chi connectivity index (χ4n) is 7.85. The van der Waals surface area contributed by atoms with Crippen molar-refractivity contribution in [2.24, 2.45) is 0 Å². The van der Waals surface area contributed by atoms with Crippen LogP contribution in [0.25, 0.3) is 42.9 Å². The van der Waals surface area contributed by atoms with Crippen molar-refractivity contribution < 1.29 is 36.2 Å². The second-order valence-corrected chi connectivity index (χ2v) is 18.0. The highest BCUT2D eigenvalue weighted by molar-refractivity contribution is 7.86. The smallest absolute Gasteiger partial charge is 0.347 e. The number of anilines is 1. The van der Waals surface area contributed by atoms with Crippen LogP contribution in [0.3, 0.4) is 0 Å². The first-order chi connectivity index (χ1) is 27.5. The van der Waals surface area contributed by atoms with E-state index in [0.29, 0.717) is 52.3 Å². The van der Waals surface area contributed by atoms with Gasteiger partial charge in [0, 0.05) is 67.3 Å². The zero-order valence-electron chi connectivity index (χ0n) is 34.9. The third-order valence-electron chi connectivity index (χ3n) is 11.0. The Morgan fingerprint density at radius 2 is 1.57 bits per heavy atom. The Kier molecular flexibility index (Phi) is 14.2. The van der Waals surface area contributed by atoms with Crippen LogP contribution in [0.2, 0.25) is 0 Å². The first-order valence-corrected chi connectivity index (χ1v) is 22.4. The molecule has 1 amide bonds. The number of carbonyl (C=O) groups is 2. The number of hydrogen-bond donors (Lipinski definition) is 0. The number of carbonyl (C=O) groups excluding carboxylic acids is 2. The van der Waals surface area contributed by atoms with Gasteiger partial charge in [-0.1, -0.05) is 30.3 Å². The normalized spacial score (nSPS) is 12.8. The summed E-state index contributed by atoms with van der Waals surface area (Å²) >= 11 is 1.35. The number of ether oxygens (including phenoxy) is 1. The van der Waals surface area contributed by atoms with E-state index in [4.69, 9.17) is 14.1 Å². The number of amides is 1. The van der Waals surface area contributed by atoms with Crippen molar-refractivity contribution in [2.75, 3.05) is 50.7 Å². The molecule has 0 fully saturated rings. The van der Waals surface area contributed by atoms with Crippen LogP contribution in [-0.4, -0.2) is 96.0 Å². The number of para-hydroxylation sites is 1. The van der Waals surface area contributed by atoms with Gasteiger partial charge in [0.25, 0.3) is 5.91 Å². The molecular weight excluding hydrogens is 777 g/mol. The van der Waals surface area contributed by atoms with E-state index < -0.39 is 38.6 Å². The number of quaternary nitrogens is 1. The number of rotatable bonds is 18. The Morgan fingerprint density at radius 3 is 2.19 bits per heavy atom. The van der Waals surface area contributed by atoms with Gasteiger partial charge in [-0.05, 0) is 97.7 Å². The molecule has 14 heteroatoms. The summed E-state index contributed by atoms with van der Waals surface area (Å²) in [5.41, 5.74) is 2.06. The summed E-state index contributed by atoms with van der Waals surface area (Å²) in [6.07, 6.45) is 0.145. The molecule has 12 nitrogen and oxygen atoms in total. The predicted octanol–water partition coefficient (Wildman–Crippen LogP) is 8.28. The van der Waals surface area contributed by atoms with Gasteiger partial charge >= 0.3 is 11.6 Å². The topological polar surface area (TPSA) is 150 Å². The first-order valence-electron chi connectivity index (χ1n) is 20.1. The minimum atomic E-state index is -4.78. The highest BCUT2D eigenvalue weighted by atomic mass is 32.2. The van der Waals surface area contributed by atoms with Crippen LogP contribution in [0.15, 0.2) is 75.9 Å². The summed E-state index contributed by atoms with van der Waals surface area (Å²) in [4.78, 5) is 50.6. The molecular formula is C44H56N4O8S2. The molecule has 1 unspecified atom stereocenters. The Labute approximate surface area is 345 Å². The van der Waals surface area contributed by atoms with Gasteiger partial charge < -0.3 is 28.0 Å². The number of thiazole rings is 1. The number of esters is 1. The van der Waals surface area contributed by atoms with Crippen LogP contribution >= 0.6 is 11.3 Å². The predicted molar refractivity (Wildman–Crippen MR) is 231 cm³/mol. The standard InChI is InChI=1S/C44H56N4O8S2/c1-9-46(10-2)30-24-25-33-35(29-30)55-43(51)40(41-45-34-21-16-17-22-36(34)57-41)39(33)31-19-14-15-20-32(31)42(50)47(27-18-23-38(49)56-44(6,7)8)28-26-37(58(52,53)54)48(11-3,12-4)13-5/h14-17,19-22,24-25,29,37H,9-13,18,23,26-28H2,1-8H3. The zero-order valence-corrected chi connectivity index (χ0v) is 36.5. The fraction of sp³-hybridized carbons (Fsp3) is 0.455. The number of hydrogen-bond acceptors (Lipinski definition) is 11. The molecule has 2 aromatic heterocycles. The van der Waals surface area contributed by atoms with E-state index in [9.17, 15) is 22.6 Å². The van der Waals surface area contributed by atoms with Crippen molar-refractivity contribution in [1.82, 2.24) is 9.88 Å². The molecule has 5 aromatic rings. The summed E-state index contributed by atoms with van der Waals surface area (Å²) in [5.74, 6) is -0.869. The molecule has 1 atom stereocenters. The Morgan fingerprint density at radius 1 is 0.914 bits per heavy atom. The summed E-state index contributed by atoms with van der Waals surface area (Å²) in [7, 11) is -4.78. The third-order valence-corrected chi connectivity index (χ3v) is 13.4. The largest absolute Gasteiger partial charge is 0.743 e. The average Bonchev–Trinajstić information content (AvgIpc) is 3.61. The zero-order chi connectivity index (χ0) is 42.4. The lowest BCUT2D eigenvalue weighted by Gasteiger charge is -2.44. The lowest BCUT2D eigenvalue weighted by Crippen LogP contribution is -2.59. The number of fused-ring (bicyclic) bond motifs is 2. The molecule has 0 saturated heterocycles. The van der Waals surface area contributed by atoms with Crippen LogP contribution < -0.4 is 10.5 Å². The quantitative estimate of drug-likeness (QED) is 0.0365. The lowest BCUT2D eigenvalue weighted by atomic mass is 9.92. The van der Waals surface area contributed by atoms with E-state index in [1.165, 1.54) is 16.2 Å². The molecule has 0 aliphatic rings. The summed E-state index contributed by atoms with van der Waals surface area (Å²) in [6.45, 7) is 17.8. The molecule has 2 heterocycles. The molecule has 0 saturated carbocycles. The van der Waals surface area contributed by atoms with Gasteiger partial charge in [-0.2, -0.15) is 0 Å². The van der Waals surface area contributed by atoms with Crippen molar-refractivity contribution in [3.05, 3.63) is 82.7 Å². The van der Waals surface area contributed by atoms with E-state index in [2.05, 4.69) is 4.90 Å². The van der Waals surface area contributed by atoms with Crippen molar-refractivity contribution in [3.8, 4) is 21.7 Å². The molecule has 3 aromatic carbocycles. The lowest BCUT2D eigenvalue weighted by molar-refractivity contribution is -0.934. The van der Waals surface area contributed by atoms with Gasteiger partial charge in [0.05, 0.1) is 29.9 Å². The maximum absolute atomic E-state index is 15.1. The van der Waals surface area contributed by atoms with Crippen molar-refractivity contribution in [1.29, 1.82) is 0 Å². The number of nitrogens with zero attached hydrogens (tertiary/aromatic N) is 4. The molecule has 5 rings (SSSR count). The molecule has 58 heavy (non-hydrogen) atoms. The summed E-state index contributed by atoms with van der Waals surface area (Å²) in [6, 6.07) is 20.3. The molecule has 0 N–H and O–H groups in total. The maximum atomic E-state index is 15.1. The van der Waals surface area contributed by atoms with E-state index in [-0.39, 0.29) is 48.0 Å². The van der Waals surface area contributed by atoms with Crippen LogP contribution in [0, 0.1) is 0 Å². The monoisotopic (exact) mass is 832 g/mol. The van der Waals surface area contributed by atoms with E-state index >= 15 is 4.79 Å². The molecule has 0 aliphatic heterocycles. The van der Waals surface area contributed by atoms with Crippen LogP contribution in [0.5, 0.6) is 0 Å². The molecule has 0 radical (unpaired) electrons. The SMILES string of the molecule is CCN(CC)c1ccc2c(-c3ccccc3C(=O)N(CCCC(=O)OC(C)(C)C)CCC([N+](CC)(CC)CC)S(=O)(=O)[O-])c(-c3nc4ccccc4s3)c(=O)oc2c1. The van der Waals surface area contributed by atoms with Gasteiger partial charge in [-0.15, -0.1) is 11.3 Å². The number of aromatic nitrogens is 1. The molecule has 0 bridgehead atoms. The minimum Gasteiger partial charge on any atom is -0.743 e. The first kappa shape index (κ1) is 44.5. The second kappa shape index (κ2) is 18.5. The molecule has 0 aliphatic carbocycles.